The monoisotopic (exact) mass is 864 g/mol. The Bertz CT molecular complexity index is 2620. The van der Waals surface area contributed by atoms with Crippen LogP contribution in [0.4, 0.5) is 34.1 Å². The van der Waals surface area contributed by atoms with Gasteiger partial charge in [0.05, 0.1) is 0 Å². The van der Waals surface area contributed by atoms with E-state index in [-0.39, 0.29) is 25.2 Å². The molecule has 0 saturated heterocycles. The molecule has 0 N–H and O–H groups in total. The lowest BCUT2D eigenvalue weighted by Gasteiger charge is -2.26. The molecule has 0 radical (unpaired) electrons. The maximum absolute atomic E-state index is 12.6. The lowest BCUT2D eigenvalue weighted by molar-refractivity contribution is -0.145. The Labute approximate surface area is 388 Å². The number of para-hydroxylation sites is 2. The van der Waals surface area contributed by atoms with Crippen molar-refractivity contribution in [1.29, 1.82) is 0 Å². The largest absolute Gasteiger partial charge is 0.461 e. The average Bonchev–Trinajstić information content (AvgIpc) is 3.38. The highest BCUT2D eigenvalue weighted by Crippen LogP contribution is 2.38. The van der Waals surface area contributed by atoms with Crippen LogP contribution in [0.25, 0.3) is 23.3 Å². The van der Waals surface area contributed by atoms with Gasteiger partial charge in [-0.15, -0.1) is 0 Å². The molecule has 8 aromatic carbocycles. The van der Waals surface area contributed by atoms with Crippen molar-refractivity contribution in [3.05, 3.63) is 253 Å². The minimum atomic E-state index is -0.219. The molecule has 0 heterocycles. The summed E-state index contributed by atoms with van der Waals surface area (Å²) in [7, 11) is 0. The summed E-state index contributed by atoms with van der Waals surface area (Å²) in [6.45, 7) is 8.08. The zero-order chi connectivity index (χ0) is 45.5. The molecule has 0 unspecified atom stereocenters. The number of aryl methyl sites for hydroxylation is 2. The minimum absolute atomic E-state index is 0.219. The van der Waals surface area contributed by atoms with E-state index in [1.54, 1.807) is 12.2 Å². The van der Waals surface area contributed by atoms with Gasteiger partial charge in [0.15, 0.2) is 0 Å². The van der Waals surface area contributed by atoms with Crippen molar-refractivity contribution in [2.75, 3.05) is 9.80 Å². The Morgan fingerprint density at radius 1 is 0.364 bits per heavy atom. The molecule has 0 atom stereocenters. The first-order valence-electron chi connectivity index (χ1n) is 22.3. The highest BCUT2D eigenvalue weighted by molar-refractivity contribution is 5.81. The molecule has 0 amide bonds. The van der Waals surface area contributed by atoms with Gasteiger partial charge >= 0.3 is 11.9 Å². The van der Waals surface area contributed by atoms with Crippen LogP contribution in [-0.4, -0.2) is 11.9 Å². The minimum Gasteiger partial charge on any atom is -0.461 e. The van der Waals surface area contributed by atoms with Crippen molar-refractivity contribution in [3.63, 3.8) is 0 Å². The van der Waals surface area contributed by atoms with Gasteiger partial charge in [-0.25, -0.2) is 0 Å². The van der Waals surface area contributed by atoms with E-state index in [2.05, 4.69) is 144 Å². The van der Waals surface area contributed by atoms with Crippen molar-refractivity contribution in [3.8, 4) is 11.1 Å². The molecule has 0 bridgehead atoms. The molecule has 0 spiro atoms. The van der Waals surface area contributed by atoms with E-state index in [0.717, 1.165) is 78.6 Å². The molecular formula is C60H52N2O4. The van der Waals surface area contributed by atoms with Crippen molar-refractivity contribution in [2.24, 2.45) is 0 Å². The Morgan fingerprint density at radius 2 is 0.652 bits per heavy atom. The van der Waals surface area contributed by atoms with E-state index in [1.165, 1.54) is 0 Å². The number of hydrogen-bond acceptors (Lipinski definition) is 6. The van der Waals surface area contributed by atoms with Gasteiger partial charge in [-0.05, 0) is 130 Å². The van der Waals surface area contributed by atoms with Crippen LogP contribution in [-0.2, 0) is 45.1 Å². The normalized spacial score (nSPS) is 10.7. The third-order valence-corrected chi connectivity index (χ3v) is 11.5. The van der Waals surface area contributed by atoms with E-state index in [1.807, 2.05) is 84.9 Å². The molecule has 0 aliphatic rings. The van der Waals surface area contributed by atoms with E-state index in [0.29, 0.717) is 25.7 Å². The molecule has 0 aliphatic heterocycles. The fourth-order valence-corrected chi connectivity index (χ4v) is 7.74. The zero-order valence-electron chi connectivity index (χ0n) is 37.0. The highest BCUT2D eigenvalue weighted by atomic mass is 16.5. The number of benzene rings is 8. The molecule has 0 fully saturated rings. The van der Waals surface area contributed by atoms with Gasteiger partial charge in [0.25, 0.3) is 0 Å². The van der Waals surface area contributed by atoms with Crippen molar-refractivity contribution in [1.82, 2.24) is 0 Å². The molecule has 8 rings (SSSR count). The van der Waals surface area contributed by atoms with Gasteiger partial charge in [0.1, 0.15) is 13.2 Å². The predicted molar refractivity (Wildman–Crippen MR) is 271 cm³/mol. The summed E-state index contributed by atoms with van der Waals surface area (Å²) >= 11 is 0. The van der Waals surface area contributed by atoms with Crippen molar-refractivity contribution in [2.45, 2.75) is 38.9 Å². The van der Waals surface area contributed by atoms with Crippen LogP contribution < -0.4 is 9.80 Å². The summed E-state index contributed by atoms with van der Waals surface area (Å²) in [5.41, 5.74) is 14.5. The summed E-state index contributed by atoms with van der Waals surface area (Å²) in [5, 5.41) is 0. The number of anilines is 6. The first-order chi connectivity index (χ1) is 32.4. The number of esters is 2. The summed E-state index contributed by atoms with van der Waals surface area (Å²) in [6.07, 6.45) is 5.38. The zero-order valence-corrected chi connectivity index (χ0v) is 37.0. The highest BCUT2D eigenvalue weighted by Gasteiger charge is 2.16. The van der Waals surface area contributed by atoms with Crippen molar-refractivity contribution < 1.29 is 19.1 Å². The van der Waals surface area contributed by atoms with Gasteiger partial charge in [-0.3, -0.25) is 9.59 Å². The summed E-state index contributed by atoms with van der Waals surface area (Å²) < 4.78 is 11.1. The van der Waals surface area contributed by atoms with Crippen LogP contribution in [0.1, 0.15) is 46.2 Å². The van der Waals surface area contributed by atoms with E-state index in [9.17, 15) is 9.59 Å². The number of hydrogen-bond donors (Lipinski definition) is 0. The first-order valence-corrected chi connectivity index (χ1v) is 22.3. The Balaban J connectivity index is 0.915. The Hall–Kier alpha value is -8.22. The smallest absolute Gasteiger partial charge is 0.306 e. The quantitative estimate of drug-likeness (QED) is 0.0755. The lowest BCUT2D eigenvalue weighted by atomic mass is 10.0. The van der Waals surface area contributed by atoms with E-state index < -0.39 is 0 Å². The van der Waals surface area contributed by atoms with Crippen LogP contribution in [0.15, 0.2) is 219 Å². The van der Waals surface area contributed by atoms with E-state index in [4.69, 9.17) is 9.47 Å². The molecule has 326 valence electrons. The van der Waals surface area contributed by atoms with Crippen LogP contribution in [0.5, 0.6) is 0 Å². The third-order valence-electron chi connectivity index (χ3n) is 11.5. The molecule has 8 aromatic rings. The second kappa shape index (κ2) is 21.9. The molecule has 6 heteroatoms. The number of rotatable bonds is 19. The lowest BCUT2D eigenvalue weighted by Crippen LogP contribution is -2.10. The first kappa shape index (κ1) is 44.4. The fraction of sp³-hybridized carbons (Fsp3) is 0.100. The molecule has 66 heavy (non-hydrogen) atoms. The Kier molecular flexibility index (Phi) is 14.7. The number of carbonyl (C=O) groups excluding carboxylic acids is 2. The van der Waals surface area contributed by atoms with Crippen LogP contribution >= 0.6 is 0 Å². The van der Waals surface area contributed by atoms with Gasteiger partial charge < -0.3 is 19.3 Å². The van der Waals surface area contributed by atoms with Crippen LogP contribution in [0.2, 0.25) is 0 Å². The molecule has 0 saturated carbocycles. The fourth-order valence-electron chi connectivity index (χ4n) is 7.74. The molecule has 0 aliphatic carbocycles. The predicted octanol–water partition coefficient (Wildman–Crippen LogP) is 14.9. The summed E-state index contributed by atoms with van der Waals surface area (Å²) in [6, 6.07) is 70.4. The Morgan fingerprint density at radius 3 is 0.970 bits per heavy atom. The van der Waals surface area contributed by atoms with Gasteiger partial charge in [-0.2, -0.15) is 0 Å². The standard InChI is InChI=1S/C60H52N2O4/c1-3-45-15-19-49(20-16-45)43-65-59(63)41-27-47-23-33-55(34-24-47)61(53-11-7-5-8-12-53)57-37-29-51(30-38-57)52-31-39-58(40-32-52)62(54-13-9-6-10-14-54)56-35-25-48(26-36-56)28-42-60(64)66-44-50-21-17-46(4-2)18-22-50/h3-26,29-40H,1-2,27-28,41-44H2. The van der Waals surface area contributed by atoms with Crippen LogP contribution in [0.3, 0.4) is 0 Å². The summed E-state index contributed by atoms with van der Waals surface area (Å²) in [4.78, 5) is 29.7. The number of ether oxygens (including phenoxy) is 2. The van der Waals surface area contributed by atoms with Crippen LogP contribution in [0, 0.1) is 0 Å². The number of nitrogens with zero attached hydrogens (tertiary/aromatic N) is 2. The number of carbonyl (C=O) groups is 2. The van der Waals surface area contributed by atoms with E-state index >= 15 is 0 Å². The summed E-state index contributed by atoms with van der Waals surface area (Å²) in [5.74, 6) is -0.439. The van der Waals surface area contributed by atoms with Crippen molar-refractivity contribution >= 4 is 58.2 Å². The average molecular weight is 865 g/mol. The third kappa shape index (κ3) is 11.7. The second-order valence-corrected chi connectivity index (χ2v) is 16.0. The maximum Gasteiger partial charge on any atom is 0.306 e. The maximum atomic E-state index is 12.6. The topological polar surface area (TPSA) is 59.1 Å². The van der Waals surface area contributed by atoms with Gasteiger partial charge in [-0.1, -0.05) is 159 Å². The second-order valence-electron chi connectivity index (χ2n) is 16.0. The SMILES string of the molecule is C=Cc1ccc(COC(=O)CCc2ccc(N(c3ccccc3)c3ccc(-c4ccc(N(c5ccccc5)c5ccc(CCC(=O)OCc6ccc(C=C)cc6)cc5)cc4)cc3)cc2)cc1. The molecular weight excluding hydrogens is 813 g/mol. The van der Waals surface area contributed by atoms with Gasteiger partial charge in [0.2, 0.25) is 0 Å². The molecule has 6 nitrogen and oxygen atoms in total. The molecule has 0 aromatic heterocycles. The van der Waals surface area contributed by atoms with Gasteiger partial charge in [0, 0.05) is 47.0 Å².